The van der Waals surface area contributed by atoms with Crippen LogP contribution in [-0.2, 0) is 4.79 Å². The lowest BCUT2D eigenvalue weighted by atomic mass is 10.0. The van der Waals surface area contributed by atoms with Crippen LogP contribution in [0.1, 0.15) is 46.0 Å². The summed E-state index contributed by atoms with van der Waals surface area (Å²) in [5.74, 6) is 0.455. The van der Waals surface area contributed by atoms with E-state index in [9.17, 15) is 4.79 Å². The molecule has 0 spiro atoms. The van der Waals surface area contributed by atoms with Crippen LogP contribution in [0.5, 0.6) is 0 Å². The zero-order valence-corrected chi connectivity index (χ0v) is 11.4. The molecule has 0 aromatic rings. The van der Waals surface area contributed by atoms with Gasteiger partial charge in [-0.3, -0.25) is 4.79 Å². The van der Waals surface area contributed by atoms with Gasteiger partial charge in [0.2, 0.25) is 0 Å². The van der Waals surface area contributed by atoms with E-state index in [1.165, 1.54) is 44.4 Å². The molecule has 1 atom stereocenters. The molecular formula is C13H24NOP. The zero-order chi connectivity index (χ0) is 11.5. The van der Waals surface area contributed by atoms with E-state index in [0.29, 0.717) is 17.5 Å². The average Bonchev–Trinajstić information content (AvgIpc) is 2.62. The fourth-order valence-corrected chi connectivity index (χ4v) is 4.47. The number of carbonyl (C=O) groups excluding carboxylic acids is 1. The third-order valence-corrected chi connectivity index (χ3v) is 6.48. The molecule has 2 aliphatic rings. The Hall–Kier alpha value is 0.0600. The van der Waals surface area contributed by atoms with Crippen LogP contribution in [0.2, 0.25) is 0 Å². The van der Waals surface area contributed by atoms with Crippen molar-refractivity contribution in [2.24, 2.45) is 5.92 Å². The maximum absolute atomic E-state index is 12.3. The Balaban J connectivity index is 1.90. The highest BCUT2D eigenvalue weighted by atomic mass is 31.1. The first kappa shape index (κ1) is 12.5. The third kappa shape index (κ3) is 2.84. The topological polar surface area (TPSA) is 29.1 Å². The molecule has 16 heavy (non-hydrogen) atoms. The molecule has 1 saturated heterocycles. The molecular weight excluding hydrogens is 217 g/mol. The van der Waals surface area contributed by atoms with Crippen LogP contribution in [-0.4, -0.2) is 29.9 Å². The van der Waals surface area contributed by atoms with Gasteiger partial charge < -0.3 is 5.32 Å². The van der Waals surface area contributed by atoms with Crippen molar-refractivity contribution in [2.45, 2.75) is 58.0 Å². The van der Waals surface area contributed by atoms with E-state index in [-0.39, 0.29) is 14.0 Å². The molecule has 0 aromatic heterocycles. The second kappa shape index (κ2) is 5.60. The van der Waals surface area contributed by atoms with Crippen molar-refractivity contribution in [3.63, 3.8) is 0 Å². The van der Waals surface area contributed by atoms with E-state index < -0.39 is 0 Å². The van der Waals surface area contributed by atoms with Gasteiger partial charge in [-0.25, -0.2) is 0 Å². The fraction of sp³-hybridized carbons (Fsp3) is 0.923. The summed E-state index contributed by atoms with van der Waals surface area (Å²) in [6.45, 7) is 4.36. The van der Waals surface area contributed by atoms with Crippen molar-refractivity contribution >= 4 is 13.4 Å². The number of hydrogen-bond donors (Lipinski definition) is 1. The Kier molecular flexibility index (Phi) is 4.38. The Morgan fingerprint density at radius 3 is 2.25 bits per heavy atom. The first-order valence-electron chi connectivity index (χ1n) is 6.73. The number of carbonyl (C=O) groups is 1. The van der Waals surface area contributed by atoms with E-state index in [0.717, 1.165) is 0 Å². The molecule has 3 heteroatoms. The summed E-state index contributed by atoms with van der Waals surface area (Å²) >= 11 is 0. The molecule has 1 aliphatic carbocycles. The second-order valence-electron chi connectivity index (χ2n) is 5.55. The Labute approximate surface area is 100 Å². The lowest BCUT2D eigenvalue weighted by Crippen LogP contribution is -2.46. The Morgan fingerprint density at radius 2 is 1.81 bits per heavy atom. The normalized spacial score (nSPS) is 24.7. The molecule has 0 aromatic carbocycles. The highest BCUT2D eigenvalue weighted by Crippen LogP contribution is 2.48. The van der Waals surface area contributed by atoms with Crippen LogP contribution < -0.4 is 5.32 Å². The molecule has 2 rings (SSSR count). The van der Waals surface area contributed by atoms with Crippen LogP contribution in [0.15, 0.2) is 0 Å². The molecule has 1 heterocycles. The summed E-state index contributed by atoms with van der Waals surface area (Å²) in [6, 6.07) is 0.766. The van der Waals surface area contributed by atoms with Crippen LogP contribution in [0.4, 0.5) is 0 Å². The van der Waals surface area contributed by atoms with Gasteiger partial charge in [-0.1, -0.05) is 26.7 Å². The fourth-order valence-electron chi connectivity index (χ4n) is 2.63. The molecule has 1 unspecified atom stereocenters. The average molecular weight is 241 g/mol. The SMILES string of the molecule is CC(C)C(NC1CCCC1)C(=O)P1CCC1. The molecule has 1 N–H and O–H groups in total. The molecule has 2 fully saturated rings. The van der Waals surface area contributed by atoms with Crippen molar-refractivity contribution in [3.8, 4) is 0 Å². The smallest absolute Gasteiger partial charge is 0.171 e. The van der Waals surface area contributed by atoms with Gasteiger partial charge in [0.25, 0.3) is 0 Å². The van der Waals surface area contributed by atoms with Gasteiger partial charge in [0.1, 0.15) is 0 Å². The first-order chi connectivity index (χ1) is 7.68. The molecule has 1 aliphatic heterocycles. The summed E-state index contributed by atoms with van der Waals surface area (Å²) in [6.07, 6.45) is 8.90. The Morgan fingerprint density at radius 1 is 1.19 bits per heavy atom. The van der Waals surface area contributed by atoms with Crippen molar-refractivity contribution in [1.82, 2.24) is 5.32 Å². The van der Waals surface area contributed by atoms with Crippen molar-refractivity contribution in [2.75, 3.05) is 12.3 Å². The van der Waals surface area contributed by atoms with Crippen LogP contribution in [0.25, 0.3) is 0 Å². The molecule has 2 nitrogen and oxygen atoms in total. The number of hydrogen-bond acceptors (Lipinski definition) is 2. The minimum absolute atomic E-state index is 0.148. The maximum Gasteiger partial charge on any atom is 0.171 e. The van der Waals surface area contributed by atoms with Crippen LogP contribution in [0.3, 0.4) is 0 Å². The number of nitrogens with one attached hydrogen (secondary N) is 1. The van der Waals surface area contributed by atoms with Gasteiger partial charge >= 0.3 is 0 Å². The summed E-state index contributed by atoms with van der Waals surface area (Å²) in [5.41, 5.74) is 0.558. The predicted molar refractivity (Wildman–Crippen MR) is 70.3 cm³/mol. The number of rotatable bonds is 5. The Bertz CT molecular complexity index is 244. The standard InChI is InChI=1S/C13H24NOP/c1-10(2)12(13(15)16-8-5-9-16)14-11-6-3-4-7-11/h10-12,14H,3-9H2,1-2H3. The van der Waals surface area contributed by atoms with Crippen LogP contribution >= 0.6 is 7.92 Å². The van der Waals surface area contributed by atoms with Gasteiger partial charge in [0.05, 0.1) is 6.04 Å². The monoisotopic (exact) mass is 241 g/mol. The minimum Gasteiger partial charge on any atom is -0.304 e. The summed E-state index contributed by atoms with van der Waals surface area (Å²) in [7, 11) is -0.252. The van der Waals surface area contributed by atoms with E-state index in [4.69, 9.17) is 0 Å². The molecule has 0 bridgehead atoms. The van der Waals surface area contributed by atoms with Gasteiger partial charge in [-0.15, -0.1) is 0 Å². The summed E-state index contributed by atoms with van der Waals surface area (Å²) in [5, 5.41) is 3.63. The second-order valence-corrected chi connectivity index (χ2v) is 7.96. The summed E-state index contributed by atoms with van der Waals surface area (Å²) < 4.78 is 0. The largest absolute Gasteiger partial charge is 0.304 e. The third-order valence-electron chi connectivity index (χ3n) is 3.87. The van der Waals surface area contributed by atoms with Gasteiger partial charge in [-0.2, -0.15) is 0 Å². The highest BCUT2D eigenvalue weighted by Gasteiger charge is 2.33. The molecule has 1 saturated carbocycles. The molecule has 92 valence electrons. The van der Waals surface area contributed by atoms with Crippen molar-refractivity contribution < 1.29 is 4.79 Å². The molecule has 0 radical (unpaired) electrons. The predicted octanol–water partition coefficient (Wildman–Crippen LogP) is 2.96. The van der Waals surface area contributed by atoms with Gasteiger partial charge in [0.15, 0.2) is 5.52 Å². The van der Waals surface area contributed by atoms with Gasteiger partial charge in [0, 0.05) is 6.04 Å². The minimum atomic E-state index is -0.252. The lowest BCUT2D eigenvalue weighted by Gasteiger charge is -2.32. The first-order valence-corrected chi connectivity index (χ1v) is 8.44. The van der Waals surface area contributed by atoms with Crippen molar-refractivity contribution in [1.29, 1.82) is 0 Å². The van der Waals surface area contributed by atoms with Crippen LogP contribution in [0, 0.1) is 5.92 Å². The van der Waals surface area contributed by atoms with E-state index in [1.54, 1.807) is 0 Å². The highest BCUT2D eigenvalue weighted by molar-refractivity contribution is 7.76. The maximum atomic E-state index is 12.3. The van der Waals surface area contributed by atoms with E-state index in [2.05, 4.69) is 19.2 Å². The van der Waals surface area contributed by atoms with E-state index in [1.807, 2.05) is 0 Å². The zero-order valence-electron chi connectivity index (χ0n) is 10.5. The van der Waals surface area contributed by atoms with Gasteiger partial charge in [-0.05, 0) is 45.4 Å². The summed E-state index contributed by atoms with van der Waals surface area (Å²) in [4.78, 5) is 12.3. The quantitative estimate of drug-likeness (QED) is 0.750. The molecule has 0 amide bonds. The lowest BCUT2D eigenvalue weighted by molar-refractivity contribution is -0.114. The van der Waals surface area contributed by atoms with Crippen molar-refractivity contribution in [3.05, 3.63) is 0 Å². The van der Waals surface area contributed by atoms with E-state index >= 15 is 0 Å².